The Kier molecular flexibility index (Phi) is 2.69. The molecule has 0 atom stereocenters. The number of thiol groups is 1. The van der Waals surface area contributed by atoms with Gasteiger partial charge < -0.3 is 0 Å². The second-order valence-electron chi connectivity index (χ2n) is 2.36. The van der Waals surface area contributed by atoms with E-state index in [-0.39, 0.29) is 0 Å². The van der Waals surface area contributed by atoms with Gasteiger partial charge in [0.2, 0.25) is 0 Å². The van der Waals surface area contributed by atoms with Gasteiger partial charge in [-0.3, -0.25) is 0 Å². The quantitative estimate of drug-likeness (QED) is 0.498. The summed E-state index contributed by atoms with van der Waals surface area (Å²) in [4.78, 5) is 1.24. The van der Waals surface area contributed by atoms with Crippen molar-refractivity contribution < 1.29 is 0 Å². The van der Waals surface area contributed by atoms with E-state index in [2.05, 4.69) is 43.7 Å². The van der Waals surface area contributed by atoms with E-state index in [4.69, 9.17) is 0 Å². The van der Waals surface area contributed by atoms with Crippen molar-refractivity contribution >= 4 is 22.5 Å². The molecule has 0 amide bonds. The molecule has 0 fully saturated rings. The monoisotopic (exact) mass is 170 g/mol. The number of hydrogen-bond donors (Lipinski definition) is 1. The van der Waals surface area contributed by atoms with Gasteiger partial charge in [0, 0.05) is 4.90 Å². The fourth-order valence-corrected chi connectivity index (χ4v) is 1.85. The first-order valence-corrected chi connectivity index (χ1v) is 4.99. The zero-order valence-corrected chi connectivity index (χ0v) is 7.80. The van der Waals surface area contributed by atoms with E-state index in [1.54, 1.807) is 0 Å². The molecule has 10 heavy (non-hydrogen) atoms. The van der Waals surface area contributed by atoms with Crippen LogP contribution in [0.2, 0.25) is 0 Å². The molecule has 0 heterocycles. The second kappa shape index (κ2) is 3.35. The van der Waals surface area contributed by atoms with Crippen molar-refractivity contribution in [2.24, 2.45) is 0 Å². The molecule has 0 bridgehead atoms. The third kappa shape index (κ3) is 1.70. The van der Waals surface area contributed by atoms with Crippen LogP contribution in [0.15, 0.2) is 23.1 Å². The molecule has 0 N–H and O–H groups in total. The van der Waals surface area contributed by atoms with Gasteiger partial charge in [0.05, 0.1) is 0 Å². The zero-order chi connectivity index (χ0) is 7.56. The first-order valence-electron chi connectivity index (χ1n) is 3.12. The van der Waals surface area contributed by atoms with Crippen molar-refractivity contribution in [2.75, 3.05) is 0 Å². The van der Waals surface area contributed by atoms with Gasteiger partial charge in [-0.1, -0.05) is 28.5 Å². The Labute approximate surface area is 70.8 Å². The highest BCUT2D eigenvalue weighted by atomic mass is 33.1. The summed E-state index contributed by atoms with van der Waals surface area (Å²) in [6.45, 7) is 4.20. The molecule has 0 aliphatic heterocycles. The average molecular weight is 170 g/mol. The summed E-state index contributed by atoms with van der Waals surface area (Å²) < 4.78 is 0. The normalized spacial score (nSPS) is 9.90. The maximum Gasteiger partial charge on any atom is 0.0209 e. The van der Waals surface area contributed by atoms with Crippen LogP contribution in [0.25, 0.3) is 0 Å². The summed E-state index contributed by atoms with van der Waals surface area (Å²) in [5, 5.41) is 0. The van der Waals surface area contributed by atoms with Crippen LogP contribution < -0.4 is 0 Å². The predicted octanol–water partition coefficient (Wildman–Crippen LogP) is 3.24. The van der Waals surface area contributed by atoms with Crippen LogP contribution in [0.3, 0.4) is 0 Å². The lowest BCUT2D eigenvalue weighted by molar-refractivity contribution is 1.27. The van der Waals surface area contributed by atoms with E-state index in [1.807, 2.05) is 0 Å². The summed E-state index contributed by atoms with van der Waals surface area (Å²) in [7, 11) is 1.50. The molecule has 0 radical (unpaired) electrons. The van der Waals surface area contributed by atoms with Crippen LogP contribution in [-0.2, 0) is 0 Å². The highest BCUT2D eigenvalue weighted by Crippen LogP contribution is 2.25. The minimum Gasteiger partial charge on any atom is -0.106 e. The average Bonchev–Trinajstić information content (AvgIpc) is 1.88. The summed E-state index contributed by atoms with van der Waals surface area (Å²) in [6, 6.07) is 6.37. The minimum atomic E-state index is 1.24. The number of rotatable bonds is 1. The predicted molar refractivity (Wildman–Crippen MR) is 50.8 cm³/mol. The Hall–Kier alpha value is -0.0800. The van der Waals surface area contributed by atoms with E-state index in [9.17, 15) is 0 Å². The summed E-state index contributed by atoms with van der Waals surface area (Å²) in [6.07, 6.45) is 0. The van der Waals surface area contributed by atoms with E-state index >= 15 is 0 Å². The van der Waals surface area contributed by atoms with E-state index in [1.165, 1.54) is 26.8 Å². The molecular formula is C8H10S2. The van der Waals surface area contributed by atoms with Crippen molar-refractivity contribution in [3.63, 3.8) is 0 Å². The van der Waals surface area contributed by atoms with E-state index < -0.39 is 0 Å². The van der Waals surface area contributed by atoms with Crippen molar-refractivity contribution in [2.45, 2.75) is 18.7 Å². The van der Waals surface area contributed by atoms with Crippen LogP contribution in [0.1, 0.15) is 11.1 Å². The van der Waals surface area contributed by atoms with Crippen LogP contribution in [0.4, 0.5) is 0 Å². The highest BCUT2D eigenvalue weighted by molar-refractivity contribution is 8.68. The second-order valence-corrected chi connectivity index (χ2v) is 3.53. The molecule has 0 saturated carbocycles. The molecule has 1 rings (SSSR count). The molecule has 0 aliphatic carbocycles. The summed E-state index contributed by atoms with van der Waals surface area (Å²) in [5.74, 6) is 0. The zero-order valence-electron chi connectivity index (χ0n) is 6.09. The van der Waals surface area contributed by atoms with Gasteiger partial charge >= 0.3 is 0 Å². The first kappa shape index (κ1) is 8.02. The maximum absolute atomic E-state index is 4.13. The van der Waals surface area contributed by atoms with E-state index in [0.29, 0.717) is 0 Å². The van der Waals surface area contributed by atoms with Crippen molar-refractivity contribution in [1.29, 1.82) is 0 Å². The minimum absolute atomic E-state index is 1.24. The Morgan fingerprint density at radius 3 is 2.50 bits per heavy atom. The molecule has 0 aliphatic rings. The molecule has 0 spiro atoms. The molecule has 54 valence electrons. The van der Waals surface area contributed by atoms with Crippen LogP contribution >= 0.6 is 22.5 Å². The largest absolute Gasteiger partial charge is 0.106 e. The summed E-state index contributed by atoms with van der Waals surface area (Å²) in [5.41, 5.74) is 2.61. The third-order valence-electron chi connectivity index (χ3n) is 1.43. The first-order chi connectivity index (χ1) is 4.74. The standard InChI is InChI=1S/C8H10S2/c1-6-3-4-8(10-9)7(2)5-6/h3-5,9H,1-2H3. The van der Waals surface area contributed by atoms with Crippen molar-refractivity contribution in [1.82, 2.24) is 0 Å². The maximum atomic E-state index is 4.13. The van der Waals surface area contributed by atoms with Crippen molar-refractivity contribution in [3.8, 4) is 0 Å². The number of hydrogen-bond acceptors (Lipinski definition) is 2. The van der Waals surface area contributed by atoms with Gasteiger partial charge in [-0.15, -0.1) is 11.7 Å². The Bertz CT molecular complexity index is 231. The molecule has 0 unspecified atom stereocenters. The Balaban J connectivity index is 3.07. The lowest BCUT2D eigenvalue weighted by atomic mass is 10.2. The smallest absolute Gasteiger partial charge is 0.0209 e. The van der Waals surface area contributed by atoms with Crippen molar-refractivity contribution in [3.05, 3.63) is 29.3 Å². The molecule has 2 heteroatoms. The molecule has 1 aromatic rings. The third-order valence-corrected chi connectivity index (χ3v) is 2.67. The topological polar surface area (TPSA) is 0 Å². The molecular weight excluding hydrogens is 160 g/mol. The van der Waals surface area contributed by atoms with Crippen LogP contribution in [0, 0.1) is 13.8 Å². The van der Waals surface area contributed by atoms with Gasteiger partial charge in [-0.2, -0.15) is 0 Å². The lowest BCUT2D eigenvalue weighted by Gasteiger charge is -2.00. The lowest BCUT2D eigenvalue weighted by Crippen LogP contribution is -1.78. The van der Waals surface area contributed by atoms with Gasteiger partial charge in [0.15, 0.2) is 0 Å². The highest BCUT2D eigenvalue weighted by Gasteiger charge is 1.94. The number of benzene rings is 1. The molecule has 1 aromatic carbocycles. The van der Waals surface area contributed by atoms with Gasteiger partial charge in [-0.25, -0.2) is 0 Å². The van der Waals surface area contributed by atoms with E-state index in [0.717, 1.165) is 0 Å². The SMILES string of the molecule is Cc1ccc(SS)c(C)c1. The molecule has 0 saturated heterocycles. The number of aryl methyl sites for hydroxylation is 2. The van der Waals surface area contributed by atoms with Crippen LogP contribution in [0.5, 0.6) is 0 Å². The van der Waals surface area contributed by atoms with Gasteiger partial charge in [0.1, 0.15) is 0 Å². The molecule has 0 aromatic heterocycles. The van der Waals surface area contributed by atoms with Gasteiger partial charge in [-0.05, 0) is 25.5 Å². The van der Waals surface area contributed by atoms with Gasteiger partial charge in [0.25, 0.3) is 0 Å². The Morgan fingerprint density at radius 1 is 1.30 bits per heavy atom. The van der Waals surface area contributed by atoms with Crippen LogP contribution in [-0.4, -0.2) is 0 Å². The fraction of sp³-hybridized carbons (Fsp3) is 0.250. The fourth-order valence-electron chi connectivity index (χ4n) is 0.902. The molecule has 0 nitrogen and oxygen atoms in total. The Morgan fingerprint density at radius 2 is 2.00 bits per heavy atom. The summed E-state index contributed by atoms with van der Waals surface area (Å²) >= 11 is 4.13.